The van der Waals surface area contributed by atoms with Crippen molar-refractivity contribution in [2.24, 2.45) is 5.92 Å². The number of hydrogen-bond acceptors (Lipinski definition) is 24. The van der Waals surface area contributed by atoms with Crippen LogP contribution in [0.25, 0.3) is 34.7 Å². The number of fused-ring (bicyclic) bond motifs is 6. The van der Waals surface area contributed by atoms with Gasteiger partial charge < -0.3 is 36.6 Å². The van der Waals surface area contributed by atoms with Gasteiger partial charge in [0, 0.05) is 142 Å². The van der Waals surface area contributed by atoms with E-state index in [2.05, 4.69) is 199 Å². The van der Waals surface area contributed by atoms with Crippen LogP contribution in [0.2, 0.25) is 5.02 Å². The fourth-order valence-electron chi connectivity index (χ4n) is 12.6. The monoisotopic (exact) mass is 1710 g/mol. The van der Waals surface area contributed by atoms with Crippen molar-refractivity contribution in [1.29, 1.82) is 0 Å². The summed E-state index contributed by atoms with van der Waals surface area (Å²) in [4.78, 5) is 51.2. The molecule has 1 fully saturated rings. The quantitative estimate of drug-likeness (QED) is 0.0435. The Balaban J connectivity index is 0.000000122. The highest BCUT2D eigenvalue weighted by atomic mass is 35.5. The molecule has 6 aromatic carbocycles. The van der Waals surface area contributed by atoms with Gasteiger partial charge >= 0.3 is 11.9 Å². The van der Waals surface area contributed by atoms with Gasteiger partial charge in [0.05, 0.1) is 11.6 Å². The van der Waals surface area contributed by atoms with Crippen molar-refractivity contribution in [3.05, 3.63) is 284 Å². The summed E-state index contributed by atoms with van der Waals surface area (Å²) in [5, 5.41) is 40.7. The van der Waals surface area contributed by atoms with E-state index in [4.69, 9.17) is 16.3 Å². The molecule has 125 heavy (non-hydrogen) atoms. The van der Waals surface area contributed by atoms with Crippen LogP contribution >= 0.6 is 11.6 Å². The van der Waals surface area contributed by atoms with Crippen LogP contribution in [-0.2, 0) is 12.3 Å². The predicted octanol–water partition coefficient (Wildman–Crippen LogP) is 19.9. The highest BCUT2D eigenvalue weighted by molar-refractivity contribution is 6.30. The largest absolute Gasteiger partial charge is 0.463 e. The van der Waals surface area contributed by atoms with Gasteiger partial charge in [0.2, 0.25) is 11.6 Å². The normalized spacial score (nSPS) is 11.8. The number of rotatable bonds is 18. The Hall–Kier alpha value is -14.8. The zero-order valence-corrected chi connectivity index (χ0v) is 72.0. The van der Waals surface area contributed by atoms with Crippen molar-refractivity contribution in [3.63, 3.8) is 0 Å². The lowest BCUT2D eigenvalue weighted by molar-refractivity contribution is 0.00799. The Morgan fingerprint density at radius 1 is 0.424 bits per heavy atom. The van der Waals surface area contributed by atoms with Gasteiger partial charge in [-0.25, -0.2) is 48.1 Å². The molecule has 0 spiro atoms. The van der Waals surface area contributed by atoms with E-state index < -0.39 is 29.2 Å². The molecule has 1 aliphatic rings. The number of nitrogens with zero attached hydrogens (tertiary/aromatic N) is 23. The lowest BCUT2D eigenvalue weighted by Crippen LogP contribution is -2.10. The highest BCUT2D eigenvalue weighted by Crippen LogP contribution is 2.34. The highest BCUT2D eigenvalue weighted by Gasteiger charge is 2.31. The minimum absolute atomic E-state index is 0.00513. The Bertz CT molecular complexity index is 6830. The molecule has 640 valence electrons. The summed E-state index contributed by atoms with van der Waals surface area (Å²) in [6.45, 7) is 28.1. The number of aromatic nitrogens is 23. The first kappa shape index (κ1) is 86.6. The summed E-state index contributed by atoms with van der Waals surface area (Å²) in [5.74, 6) is 4.55. The molecule has 0 saturated heterocycles. The topological polar surface area (TPSA) is 327 Å². The number of aryl methyl sites for hydroxylation is 10. The molecule has 30 nitrogen and oxygen atoms in total. The van der Waals surface area contributed by atoms with Gasteiger partial charge in [0.1, 0.15) is 58.7 Å². The van der Waals surface area contributed by atoms with Gasteiger partial charge in [-0.1, -0.05) is 90.7 Å². The van der Waals surface area contributed by atoms with Gasteiger partial charge in [0.15, 0.2) is 11.6 Å². The Kier molecular flexibility index (Phi) is 26.1. The van der Waals surface area contributed by atoms with Gasteiger partial charge in [0.25, 0.3) is 28.9 Å². The average Bonchev–Trinajstić information content (AvgIpc) is 1.62. The first-order valence-electron chi connectivity index (χ1n) is 40.1. The number of alkyl halides is 2. The van der Waals surface area contributed by atoms with E-state index in [1.165, 1.54) is 76.1 Å². The summed E-state index contributed by atoms with van der Waals surface area (Å²) >= 11 is 5.65. The maximum Gasteiger partial charge on any atom is 0.337 e. The summed E-state index contributed by atoms with van der Waals surface area (Å²) in [6, 6.07) is 51.1. The maximum absolute atomic E-state index is 13.7. The molecule has 0 bridgehead atoms. The third-order valence-corrected chi connectivity index (χ3v) is 19.3. The van der Waals surface area contributed by atoms with Crippen LogP contribution in [0.5, 0.6) is 6.01 Å². The summed E-state index contributed by atoms with van der Waals surface area (Å²) < 4.78 is 82.8. The van der Waals surface area contributed by atoms with E-state index >= 15 is 0 Å². The van der Waals surface area contributed by atoms with Crippen molar-refractivity contribution < 1.29 is 26.7 Å². The predicted molar refractivity (Wildman–Crippen MR) is 473 cm³/mol. The fraction of sp³-hybridized carbons (Fsp3) is 0.247. The van der Waals surface area contributed by atoms with E-state index in [0.717, 1.165) is 99.3 Å². The molecule has 0 radical (unpaired) electrons. The third-order valence-electron chi connectivity index (χ3n) is 19.0. The van der Waals surface area contributed by atoms with Crippen LogP contribution in [0.1, 0.15) is 126 Å². The zero-order valence-electron chi connectivity index (χ0n) is 71.3. The number of hydrogen-bond donors (Lipinski definition) is 6. The maximum atomic E-state index is 13.7. The first-order chi connectivity index (χ1) is 59.8. The first-order valence-corrected chi connectivity index (χ1v) is 40.5. The van der Waals surface area contributed by atoms with Crippen LogP contribution in [0.4, 0.5) is 91.0 Å². The molecular weight excluding hydrogens is 1620 g/mol. The molecule has 1 aliphatic carbocycles. The molecule has 12 heterocycles. The van der Waals surface area contributed by atoms with Gasteiger partial charge in [-0.05, 0) is 186 Å². The number of ether oxygens (including phenoxy) is 1. The van der Waals surface area contributed by atoms with Crippen LogP contribution in [0.15, 0.2) is 183 Å². The average molecular weight is 1710 g/mol. The molecule has 6 N–H and O–H groups in total. The second-order valence-corrected chi connectivity index (χ2v) is 30.9. The van der Waals surface area contributed by atoms with Gasteiger partial charge in [-0.2, -0.15) is 61.4 Å². The van der Waals surface area contributed by atoms with Gasteiger partial charge in [-0.3, -0.25) is 4.40 Å². The smallest absolute Gasteiger partial charge is 0.337 e. The number of imidazole rings is 1. The molecule has 0 atom stereocenters. The number of benzene rings is 6. The van der Waals surface area contributed by atoms with E-state index in [1.54, 1.807) is 46.4 Å². The number of halogens is 6. The molecular formula is C89H91ClF5N29O. The SMILES string of the molecule is CCOc1nc2nc(C)cc(Nc3ccc(C)cc3)n2n1.Cc1cc(Nc2cc(F)c(C)c(F)c2)n2nc(C(C)C)nc2n1.Cc1cc(Nc2ccc(Cl)c(F)c2)n2ncnc2n1.Cc1ccc(Nc2cc(C)nc3nc(CC4CC4)nn23)cc1.Cc1ccc(Nc2cc(C)nc3nccn23)cc1.Cc1cccc(Nc2cc(C)nc3nc(C(C)(F)F)nn23)c1. The minimum Gasteiger partial charge on any atom is -0.463 e. The van der Waals surface area contributed by atoms with E-state index in [0.29, 0.717) is 81.9 Å². The van der Waals surface area contributed by atoms with E-state index in [1.807, 2.05) is 132 Å². The van der Waals surface area contributed by atoms with E-state index in [-0.39, 0.29) is 22.3 Å². The minimum atomic E-state index is -3.11. The second-order valence-electron chi connectivity index (χ2n) is 30.5. The molecule has 0 aliphatic heterocycles. The molecule has 19 rings (SSSR count). The summed E-state index contributed by atoms with van der Waals surface area (Å²) in [7, 11) is 0. The molecule has 18 aromatic rings. The van der Waals surface area contributed by atoms with Crippen molar-refractivity contribution >= 4 is 115 Å². The fourth-order valence-corrected chi connectivity index (χ4v) is 12.7. The van der Waals surface area contributed by atoms with Gasteiger partial charge in [-0.15, -0.1) is 20.4 Å². The summed E-state index contributed by atoms with van der Waals surface area (Å²) in [6.07, 6.45) is 8.63. The lowest BCUT2D eigenvalue weighted by Gasteiger charge is -2.10. The Labute approximate surface area is 720 Å². The lowest BCUT2D eigenvalue weighted by atomic mass is 10.2. The van der Waals surface area contributed by atoms with Crippen LogP contribution < -0.4 is 36.6 Å². The van der Waals surface area contributed by atoms with Crippen molar-refractivity contribution in [2.45, 2.75) is 135 Å². The molecule has 1 saturated carbocycles. The Morgan fingerprint density at radius 2 is 0.856 bits per heavy atom. The number of anilines is 12. The standard InChI is InChI=1S/C17H19N5.C16H17F2N5.C15H15F2N5.C15H17N5O.C14H14N4.C12H9ClFN5/c1-11-3-7-14(8-4-11)19-16-9-12(2)18-17-20-15(21-22(16)17)10-13-5-6-13;1-8(2)15-21-16-19-9(3)5-14(23(16)22-15)20-11-6-12(17)10(4)13(18)7-11;1-9-5-4-6-11(7-9)19-12-8-10(2)18-14-20-13(15(3,16)17)21-22(12)14;1-4-21-15-18-14-16-11(3)9-13(20(14)19-15)17-12-7-5-10(2)6-8-12;1-10-3-5-12(6-4-10)17-13-9-11(2)16-14-15-7-8-18(13)14;1-7-4-11(19-12(17-7)15-6-16-19)18-8-2-3-9(13)10(14)5-8/h3-4,7-9,13,19H,5-6,10H2,1-2H3;5-8,20H,1-4H3;4-8,19H,1-3H3;5-9,17H,4H2,1-3H3;3-9,17H,1-2H3;2-6,18H,1H3. The van der Waals surface area contributed by atoms with Crippen molar-refractivity contribution in [3.8, 4) is 6.01 Å². The number of nitrogens with one attached hydrogen (secondary N) is 6. The van der Waals surface area contributed by atoms with E-state index in [9.17, 15) is 22.0 Å². The molecule has 36 heteroatoms. The van der Waals surface area contributed by atoms with Crippen LogP contribution in [0, 0.1) is 99.5 Å². The Morgan fingerprint density at radius 3 is 1.37 bits per heavy atom. The van der Waals surface area contributed by atoms with Crippen molar-refractivity contribution in [1.82, 2.24) is 112 Å². The molecule has 12 aromatic heterocycles. The zero-order chi connectivity index (χ0) is 88.5. The summed E-state index contributed by atoms with van der Waals surface area (Å²) in [5.41, 5.74) is 14.5. The van der Waals surface area contributed by atoms with Crippen molar-refractivity contribution in [2.75, 3.05) is 38.5 Å². The van der Waals surface area contributed by atoms with Crippen LogP contribution in [-0.4, -0.2) is 119 Å². The third kappa shape index (κ3) is 22.1. The second kappa shape index (κ2) is 37.7. The van der Waals surface area contributed by atoms with Crippen LogP contribution in [0.3, 0.4) is 0 Å². The molecule has 0 amide bonds. The molecule has 0 unspecified atom stereocenters.